The summed E-state index contributed by atoms with van der Waals surface area (Å²) in [5.74, 6) is -0.432. The van der Waals surface area contributed by atoms with Gasteiger partial charge >= 0.3 is 0 Å². The van der Waals surface area contributed by atoms with Crippen LogP contribution in [0.3, 0.4) is 0 Å². The lowest BCUT2D eigenvalue weighted by Crippen LogP contribution is -2.28. The number of nitrogens with one attached hydrogen (secondary N) is 1. The Hall–Kier alpha value is -0.990. The molecule has 0 spiro atoms. The second kappa shape index (κ2) is 6.02. The van der Waals surface area contributed by atoms with Crippen molar-refractivity contribution in [2.75, 3.05) is 12.8 Å². The van der Waals surface area contributed by atoms with E-state index in [1.165, 1.54) is 6.42 Å². The van der Waals surface area contributed by atoms with Gasteiger partial charge in [-0.25, -0.2) is 25.9 Å². The number of sulfone groups is 1. The van der Waals surface area contributed by atoms with Crippen molar-refractivity contribution in [3.05, 3.63) is 24.0 Å². The van der Waals surface area contributed by atoms with Crippen LogP contribution in [0, 0.1) is 11.7 Å². The smallest absolute Gasteiger partial charge is 0.224 e. The highest BCUT2D eigenvalue weighted by molar-refractivity contribution is 7.91. The average Bonchev–Trinajstić information content (AvgIpc) is 2.31. The highest BCUT2D eigenvalue weighted by atomic mass is 32.2. The van der Waals surface area contributed by atoms with Crippen molar-refractivity contribution in [2.24, 2.45) is 5.92 Å². The zero-order valence-corrected chi connectivity index (χ0v) is 13.3. The molecule has 0 radical (unpaired) electrons. The molecule has 1 aromatic rings. The molecular formula is C13H18FNO4S2. The molecule has 0 heterocycles. The van der Waals surface area contributed by atoms with E-state index in [0.717, 1.165) is 37.3 Å². The minimum atomic E-state index is -4.04. The minimum Gasteiger partial charge on any atom is -0.224 e. The van der Waals surface area contributed by atoms with Crippen LogP contribution in [0.4, 0.5) is 4.39 Å². The molecule has 0 aromatic heterocycles. The lowest BCUT2D eigenvalue weighted by Gasteiger charge is -2.25. The fourth-order valence-corrected chi connectivity index (χ4v) is 4.05. The molecule has 21 heavy (non-hydrogen) atoms. The van der Waals surface area contributed by atoms with E-state index in [4.69, 9.17) is 0 Å². The van der Waals surface area contributed by atoms with E-state index in [9.17, 15) is 21.2 Å². The Morgan fingerprint density at radius 1 is 1.24 bits per heavy atom. The van der Waals surface area contributed by atoms with Crippen LogP contribution in [0.5, 0.6) is 0 Å². The molecule has 5 nitrogen and oxygen atoms in total. The Morgan fingerprint density at radius 2 is 1.90 bits per heavy atom. The molecule has 2 rings (SSSR count). The van der Waals surface area contributed by atoms with Gasteiger partial charge in [-0.15, -0.1) is 0 Å². The average molecular weight is 335 g/mol. The second-order valence-corrected chi connectivity index (χ2v) is 9.10. The van der Waals surface area contributed by atoms with Gasteiger partial charge in [0.05, 0.1) is 4.90 Å². The Morgan fingerprint density at radius 3 is 2.43 bits per heavy atom. The van der Waals surface area contributed by atoms with Crippen molar-refractivity contribution < 1.29 is 21.2 Å². The third kappa shape index (κ3) is 4.02. The third-order valence-corrected chi connectivity index (χ3v) is 6.28. The van der Waals surface area contributed by atoms with Crippen LogP contribution in [0.25, 0.3) is 0 Å². The highest BCUT2D eigenvalue weighted by Crippen LogP contribution is 2.29. The zero-order chi connectivity index (χ0) is 15.7. The predicted molar refractivity (Wildman–Crippen MR) is 76.7 cm³/mol. The molecule has 1 fully saturated rings. The highest BCUT2D eigenvalue weighted by Gasteiger charge is 2.23. The van der Waals surface area contributed by atoms with Crippen molar-refractivity contribution in [3.63, 3.8) is 0 Å². The van der Waals surface area contributed by atoms with Gasteiger partial charge in [0.1, 0.15) is 10.7 Å². The summed E-state index contributed by atoms with van der Waals surface area (Å²) in [6, 6.07) is 2.77. The molecule has 1 aliphatic rings. The van der Waals surface area contributed by atoms with E-state index in [1.807, 2.05) is 0 Å². The minimum absolute atomic E-state index is 0.219. The quantitative estimate of drug-likeness (QED) is 0.802. The Balaban J connectivity index is 2.18. The summed E-state index contributed by atoms with van der Waals surface area (Å²) in [6.07, 6.45) is 5.02. The van der Waals surface area contributed by atoms with Gasteiger partial charge in [0.15, 0.2) is 9.84 Å². The molecule has 1 aromatic carbocycles. The van der Waals surface area contributed by atoms with Crippen LogP contribution in [0.1, 0.15) is 25.7 Å². The van der Waals surface area contributed by atoms with E-state index in [1.54, 1.807) is 0 Å². The van der Waals surface area contributed by atoms with Crippen LogP contribution < -0.4 is 4.72 Å². The van der Waals surface area contributed by atoms with E-state index >= 15 is 0 Å². The topological polar surface area (TPSA) is 80.3 Å². The van der Waals surface area contributed by atoms with Crippen LogP contribution >= 0.6 is 0 Å². The molecule has 0 atom stereocenters. The van der Waals surface area contributed by atoms with Crippen molar-refractivity contribution in [2.45, 2.75) is 35.5 Å². The molecule has 8 heteroatoms. The molecule has 1 aliphatic carbocycles. The first-order chi connectivity index (χ1) is 9.70. The second-order valence-electron chi connectivity index (χ2n) is 5.35. The first-order valence-electron chi connectivity index (χ1n) is 6.69. The molecule has 0 bridgehead atoms. The maximum absolute atomic E-state index is 13.7. The first kappa shape index (κ1) is 16.4. The molecule has 0 unspecified atom stereocenters. The lowest BCUT2D eigenvalue weighted by atomic mass is 9.83. The van der Waals surface area contributed by atoms with Crippen LogP contribution in [-0.2, 0) is 19.9 Å². The number of hydrogen-bond donors (Lipinski definition) is 1. The summed E-state index contributed by atoms with van der Waals surface area (Å²) in [5.41, 5.74) is 0. The largest absolute Gasteiger partial charge is 0.243 e. The van der Waals surface area contributed by atoms with E-state index in [2.05, 4.69) is 4.72 Å². The first-order valence-corrected chi connectivity index (χ1v) is 10.1. The van der Waals surface area contributed by atoms with Gasteiger partial charge in [0, 0.05) is 12.8 Å². The molecule has 0 saturated heterocycles. The summed E-state index contributed by atoms with van der Waals surface area (Å²) >= 11 is 0. The van der Waals surface area contributed by atoms with E-state index in [0.29, 0.717) is 12.3 Å². The van der Waals surface area contributed by atoms with E-state index in [-0.39, 0.29) is 11.4 Å². The summed E-state index contributed by atoms with van der Waals surface area (Å²) in [6.45, 7) is 0.232. The van der Waals surface area contributed by atoms with Gasteiger partial charge in [0.2, 0.25) is 10.0 Å². The van der Waals surface area contributed by atoms with Gasteiger partial charge in [0.25, 0.3) is 0 Å². The monoisotopic (exact) mass is 335 g/mol. The molecule has 1 saturated carbocycles. The number of hydrogen-bond acceptors (Lipinski definition) is 4. The normalized spacial score (nSPS) is 16.7. The van der Waals surface area contributed by atoms with Crippen molar-refractivity contribution in [3.8, 4) is 0 Å². The molecule has 0 amide bonds. The van der Waals surface area contributed by atoms with Crippen molar-refractivity contribution in [1.29, 1.82) is 0 Å². The summed E-state index contributed by atoms with van der Waals surface area (Å²) in [5, 5.41) is 0. The molecule has 118 valence electrons. The van der Waals surface area contributed by atoms with Crippen LogP contribution in [0.15, 0.2) is 28.0 Å². The maximum atomic E-state index is 13.7. The molecule has 0 aliphatic heterocycles. The lowest BCUT2D eigenvalue weighted by molar-refractivity contribution is 0.297. The summed E-state index contributed by atoms with van der Waals surface area (Å²) in [4.78, 5) is -0.845. The number of sulfonamides is 1. The van der Waals surface area contributed by atoms with Gasteiger partial charge in [-0.1, -0.05) is 19.3 Å². The summed E-state index contributed by atoms with van der Waals surface area (Å²) in [7, 11) is -7.63. The standard InChI is InChI=1S/C13H18FNO4S2/c1-20(16,17)11-5-6-12(14)13(9-11)21(18,19)15-8-7-10-3-2-4-10/h5-6,9-10,15H,2-4,7-8H2,1H3. The van der Waals surface area contributed by atoms with Gasteiger partial charge in [-0.05, 0) is 30.5 Å². The van der Waals surface area contributed by atoms with Crippen LogP contribution in [-0.4, -0.2) is 29.6 Å². The Labute approximate surface area is 124 Å². The summed E-state index contributed by atoms with van der Waals surface area (Å²) < 4.78 is 63.1. The predicted octanol–water partition coefficient (Wildman–Crippen LogP) is 1.70. The third-order valence-electron chi connectivity index (χ3n) is 3.69. The number of rotatable bonds is 6. The van der Waals surface area contributed by atoms with Crippen LogP contribution in [0.2, 0.25) is 0 Å². The Kier molecular flexibility index (Phi) is 4.69. The number of benzene rings is 1. The van der Waals surface area contributed by atoms with Gasteiger partial charge in [-0.3, -0.25) is 0 Å². The Bertz CT molecular complexity index is 725. The molecular weight excluding hydrogens is 317 g/mol. The molecule has 1 N–H and O–H groups in total. The SMILES string of the molecule is CS(=O)(=O)c1ccc(F)c(S(=O)(=O)NCCC2CCC2)c1. The van der Waals surface area contributed by atoms with Gasteiger partial charge < -0.3 is 0 Å². The maximum Gasteiger partial charge on any atom is 0.243 e. The fraction of sp³-hybridized carbons (Fsp3) is 0.538. The van der Waals surface area contributed by atoms with Crippen molar-refractivity contribution >= 4 is 19.9 Å². The number of halogens is 1. The zero-order valence-electron chi connectivity index (χ0n) is 11.7. The van der Waals surface area contributed by atoms with Crippen molar-refractivity contribution in [1.82, 2.24) is 4.72 Å². The van der Waals surface area contributed by atoms with E-state index < -0.39 is 30.6 Å². The van der Waals surface area contributed by atoms with Gasteiger partial charge in [-0.2, -0.15) is 0 Å². The fourth-order valence-electron chi connectivity index (χ4n) is 2.18.